The molecule has 0 saturated heterocycles. The van der Waals surface area contributed by atoms with E-state index in [2.05, 4.69) is 5.10 Å². The summed E-state index contributed by atoms with van der Waals surface area (Å²) in [6.07, 6.45) is 1.12. The topological polar surface area (TPSA) is 84.4 Å². The highest BCUT2D eigenvalue weighted by Gasteiger charge is 2.31. The number of hydrogen-bond donors (Lipinski definition) is 2. The molecule has 2 rings (SSSR count). The number of nitrogens with two attached hydrogens (primary N) is 1. The van der Waals surface area contributed by atoms with Crippen LogP contribution in [0.25, 0.3) is 0 Å². The second kappa shape index (κ2) is 4.46. The van der Waals surface area contributed by atoms with E-state index in [0.717, 1.165) is 5.69 Å². The zero-order valence-corrected chi connectivity index (χ0v) is 10.1. The number of rotatable bonds is 3. The molecule has 0 aliphatic heterocycles. The highest BCUT2D eigenvalue weighted by Crippen LogP contribution is 2.32. The van der Waals surface area contributed by atoms with Crippen molar-refractivity contribution >= 4 is 5.91 Å². The number of amides is 1. The highest BCUT2D eigenvalue weighted by molar-refractivity contribution is 5.92. The molecule has 1 saturated carbocycles. The van der Waals surface area contributed by atoms with Crippen molar-refractivity contribution in [3.8, 4) is 0 Å². The Morgan fingerprint density at radius 2 is 2.29 bits per heavy atom. The third kappa shape index (κ3) is 2.18. The van der Waals surface area contributed by atoms with Crippen molar-refractivity contribution in [2.24, 2.45) is 5.73 Å². The van der Waals surface area contributed by atoms with Crippen LogP contribution in [0, 0.1) is 0 Å². The lowest BCUT2D eigenvalue weighted by molar-refractivity contribution is 0.0420. The van der Waals surface area contributed by atoms with Gasteiger partial charge in [-0.25, -0.2) is 0 Å². The first kappa shape index (κ1) is 12.1. The van der Waals surface area contributed by atoms with Crippen LogP contribution in [0.1, 0.15) is 35.1 Å². The van der Waals surface area contributed by atoms with Crippen LogP contribution in [0.15, 0.2) is 6.07 Å². The molecule has 1 aliphatic carbocycles. The van der Waals surface area contributed by atoms with Gasteiger partial charge in [-0.3, -0.25) is 9.48 Å². The van der Waals surface area contributed by atoms with Gasteiger partial charge in [0.15, 0.2) is 5.69 Å². The maximum Gasteiger partial charge on any atom is 0.273 e. The molecular weight excluding hydrogens is 220 g/mol. The Bertz CT molecular complexity index is 421. The van der Waals surface area contributed by atoms with E-state index in [1.165, 1.54) is 4.90 Å². The van der Waals surface area contributed by atoms with Gasteiger partial charge in [0.05, 0.1) is 17.8 Å². The van der Waals surface area contributed by atoms with E-state index in [1.807, 2.05) is 0 Å². The van der Waals surface area contributed by atoms with E-state index in [0.29, 0.717) is 25.1 Å². The summed E-state index contributed by atoms with van der Waals surface area (Å²) in [5.74, 6) is -0.127. The van der Waals surface area contributed by atoms with E-state index in [9.17, 15) is 9.90 Å². The second-order valence-corrected chi connectivity index (χ2v) is 4.65. The molecule has 94 valence electrons. The van der Waals surface area contributed by atoms with Gasteiger partial charge in [-0.1, -0.05) is 0 Å². The smallest absolute Gasteiger partial charge is 0.273 e. The normalized spacial score (nSPS) is 23.3. The van der Waals surface area contributed by atoms with Crippen molar-refractivity contribution in [2.75, 3.05) is 14.1 Å². The molecule has 0 atom stereocenters. The number of carbonyl (C=O) groups is 1. The highest BCUT2D eigenvalue weighted by atomic mass is 16.3. The summed E-state index contributed by atoms with van der Waals surface area (Å²) in [5.41, 5.74) is 6.90. The molecule has 0 aromatic carbocycles. The Kier molecular flexibility index (Phi) is 3.17. The average Bonchev–Trinajstić information content (AvgIpc) is 2.66. The zero-order valence-electron chi connectivity index (χ0n) is 10.1. The molecule has 1 aromatic heterocycles. The Morgan fingerprint density at radius 1 is 1.65 bits per heavy atom. The lowest BCUT2D eigenvalue weighted by Crippen LogP contribution is -2.33. The number of carbonyl (C=O) groups excluding carboxylic acids is 1. The molecule has 6 heteroatoms. The largest absolute Gasteiger partial charge is 0.393 e. The molecule has 1 heterocycles. The summed E-state index contributed by atoms with van der Waals surface area (Å²) in [7, 11) is 3.38. The standard InChI is InChI=1S/C11H18N4O2/c1-14(2)11(17)10-5-8(6-12)15(13-10)7-3-9(16)4-7/h5,7,9,16H,3-4,6,12H2,1-2H3/t7-,9+. The monoisotopic (exact) mass is 238 g/mol. The Balaban J connectivity index is 2.24. The van der Waals surface area contributed by atoms with E-state index in [4.69, 9.17) is 5.73 Å². The number of aliphatic hydroxyl groups is 1. The summed E-state index contributed by atoms with van der Waals surface area (Å²) in [6, 6.07) is 1.90. The molecule has 1 fully saturated rings. The summed E-state index contributed by atoms with van der Waals surface area (Å²) in [6.45, 7) is 0.348. The predicted octanol–water partition coefficient (Wildman–Crippen LogP) is -0.261. The first-order chi connectivity index (χ1) is 8.02. The van der Waals surface area contributed by atoms with Crippen molar-refractivity contribution < 1.29 is 9.90 Å². The fourth-order valence-corrected chi connectivity index (χ4v) is 1.99. The molecule has 0 bridgehead atoms. The summed E-state index contributed by atoms with van der Waals surface area (Å²) in [5, 5.41) is 13.6. The molecule has 1 amide bonds. The third-order valence-electron chi connectivity index (χ3n) is 3.08. The van der Waals surface area contributed by atoms with Crippen molar-refractivity contribution in [1.29, 1.82) is 0 Å². The molecule has 0 spiro atoms. The molecule has 1 aliphatic rings. The van der Waals surface area contributed by atoms with Gasteiger partial charge in [0.2, 0.25) is 0 Å². The quantitative estimate of drug-likeness (QED) is 0.760. The maximum atomic E-state index is 11.8. The van der Waals surface area contributed by atoms with E-state index in [-0.39, 0.29) is 18.1 Å². The second-order valence-electron chi connectivity index (χ2n) is 4.65. The molecule has 0 unspecified atom stereocenters. The Morgan fingerprint density at radius 3 is 2.76 bits per heavy atom. The van der Waals surface area contributed by atoms with Gasteiger partial charge < -0.3 is 15.7 Å². The number of aromatic nitrogens is 2. The molecule has 17 heavy (non-hydrogen) atoms. The lowest BCUT2D eigenvalue weighted by atomic mass is 9.89. The van der Waals surface area contributed by atoms with Gasteiger partial charge in [0.25, 0.3) is 5.91 Å². The molecule has 6 nitrogen and oxygen atoms in total. The van der Waals surface area contributed by atoms with Crippen LogP contribution in [0.3, 0.4) is 0 Å². The number of aliphatic hydroxyl groups excluding tert-OH is 1. The lowest BCUT2D eigenvalue weighted by Gasteiger charge is -2.32. The van der Waals surface area contributed by atoms with Gasteiger partial charge in [-0.05, 0) is 18.9 Å². The van der Waals surface area contributed by atoms with Gasteiger partial charge in [0.1, 0.15) is 0 Å². The van der Waals surface area contributed by atoms with Crippen molar-refractivity contribution in [3.63, 3.8) is 0 Å². The van der Waals surface area contributed by atoms with Crippen LogP contribution >= 0.6 is 0 Å². The van der Waals surface area contributed by atoms with Crippen LogP contribution in [-0.2, 0) is 6.54 Å². The van der Waals surface area contributed by atoms with Gasteiger partial charge >= 0.3 is 0 Å². The molecular formula is C11H18N4O2. The maximum absolute atomic E-state index is 11.8. The minimum Gasteiger partial charge on any atom is -0.393 e. The van der Waals surface area contributed by atoms with Crippen molar-refractivity contribution in [2.45, 2.75) is 31.5 Å². The average molecular weight is 238 g/mol. The molecule has 0 radical (unpaired) electrons. The minimum absolute atomic E-state index is 0.127. The van der Waals surface area contributed by atoms with Gasteiger partial charge in [0, 0.05) is 20.6 Å². The summed E-state index contributed by atoms with van der Waals surface area (Å²) < 4.78 is 1.78. The van der Waals surface area contributed by atoms with Crippen LogP contribution in [0.5, 0.6) is 0 Å². The van der Waals surface area contributed by atoms with E-state index in [1.54, 1.807) is 24.8 Å². The Labute approximate surface area is 100 Å². The van der Waals surface area contributed by atoms with Crippen molar-refractivity contribution in [3.05, 3.63) is 17.5 Å². The fourth-order valence-electron chi connectivity index (χ4n) is 1.99. The summed E-state index contributed by atoms with van der Waals surface area (Å²) >= 11 is 0. The first-order valence-electron chi connectivity index (χ1n) is 5.71. The zero-order chi connectivity index (χ0) is 12.6. The third-order valence-corrected chi connectivity index (χ3v) is 3.08. The minimum atomic E-state index is -0.247. The van der Waals surface area contributed by atoms with Crippen LogP contribution in [0.4, 0.5) is 0 Å². The fraction of sp³-hybridized carbons (Fsp3) is 0.636. The number of hydrogen-bond acceptors (Lipinski definition) is 4. The van der Waals surface area contributed by atoms with E-state index >= 15 is 0 Å². The van der Waals surface area contributed by atoms with E-state index < -0.39 is 0 Å². The van der Waals surface area contributed by atoms with Crippen LogP contribution in [-0.4, -0.2) is 45.9 Å². The molecule has 3 N–H and O–H groups in total. The van der Waals surface area contributed by atoms with Crippen LogP contribution < -0.4 is 5.73 Å². The Hall–Kier alpha value is -1.40. The predicted molar refractivity (Wildman–Crippen MR) is 62.4 cm³/mol. The van der Waals surface area contributed by atoms with Crippen molar-refractivity contribution in [1.82, 2.24) is 14.7 Å². The number of nitrogens with zero attached hydrogens (tertiary/aromatic N) is 3. The van der Waals surface area contributed by atoms with Gasteiger partial charge in [-0.2, -0.15) is 5.10 Å². The summed E-state index contributed by atoms with van der Waals surface area (Å²) in [4.78, 5) is 13.3. The van der Waals surface area contributed by atoms with Gasteiger partial charge in [-0.15, -0.1) is 0 Å². The SMILES string of the molecule is CN(C)C(=O)c1cc(CN)n([C@H]2C[C@@H](O)C2)n1. The molecule has 1 aromatic rings. The van der Waals surface area contributed by atoms with Crippen LogP contribution in [0.2, 0.25) is 0 Å². The first-order valence-corrected chi connectivity index (χ1v) is 5.71.